The molecule has 200 valence electrons. The van der Waals surface area contributed by atoms with Crippen molar-refractivity contribution in [2.75, 3.05) is 29.0 Å². The smallest absolute Gasteiger partial charge is 0.412 e. The van der Waals surface area contributed by atoms with Crippen molar-refractivity contribution in [1.29, 1.82) is 0 Å². The number of nitrogens with zero attached hydrogens (tertiary/aromatic N) is 1. The van der Waals surface area contributed by atoms with Gasteiger partial charge in [0.05, 0.1) is 12.2 Å². The largest absolute Gasteiger partial charge is 0.465 e. The van der Waals surface area contributed by atoms with Gasteiger partial charge in [0.2, 0.25) is 11.8 Å². The number of carboxylic acid groups (broad SMARTS) is 1. The third kappa shape index (κ3) is 5.65. The van der Waals surface area contributed by atoms with Crippen LogP contribution in [0.3, 0.4) is 0 Å². The molecule has 2 aliphatic rings. The summed E-state index contributed by atoms with van der Waals surface area (Å²) in [6.45, 7) is 0.368. The van der Waals surface area contributed by atoms with Gasteiger partial charge in [-0.3, -0.25) is 20.2 Å². The summed E-state index contributed by atoms with van der Waals surface area (Å²) in [5.74, 6) is -1.96. The molecule has 0 bridgehead atoms. The van der Waals surface area contributed by atoms with Gasteiger partial charge in [-0.2, -0.15) is 0 Å². The van der Waals surface area contributed by atoms with Crippen molar-refractivity contribution in [3.05, 3.63) is 88.9 Å². The summed E-state index contributed by atoms with van der Waals surface area (Å²) in [7, 11) is 0. The number of rotatable bonds is 6. The fourth-order valence-corrected chi connectivity index (χ4v) is 5.17. The summed E-state index contributed by atoms with van der Waals surface area (Å²) in [6, 6.07) is 20.4. The van der Waals surface area contributed by atoms with E-state index in [1.807, 2.05) is 30.3 Å². The molecule has 2 heterocycles. The van der Waals surface area contributed by atoms with E-state index in [1.54, 1.807) is 35.2 Å². The lowest BCUT2D eigenvalue weighted by molar-refractivity contribution is -0.140. The lowest BCUT2D eigenvalue weighted by atomic mass is 9.90. The molecule has 1 spiro atoms. The van der Waals surface area contributed by atoms with E-state index in [4.69, 9.17) is 21.4 Å². The molecular formula is C28H25ClN4O6. The lowest BCUT2D eigenvalue weighted by Crippen LogP contribution is -2.45. The van der Waals surface area contributed by atoms with E-state index in [9.17, 15) is 19.2 Å². The second-order valence-electron chi connectivity index (χ2n) is 9.45. The third-order valence-electron chi connectivity index (χ3n) is 6.84. The van der Waals surface area contributed by atoms with E-state index >= 15 is 0 Å². The number of nitrogens with one attached hydrogen (secondary N) is 3. The van der Waals surface area contributed by atoms with Gasteiger partial charge in [0, 0.05) is 34.9 Å². The normalized spacial score (nSPS) is 18.5. The Kier molecular flexibility index (Phi) is 7.12. The number of carbonyl (C=O) groups is 4. The highest BCUT2D eigenvalue weighted by Crippen LogP contribution is 2.44. The van der Waals surface area contributed by atoms with Crippen molar-refractivity contribution in [1.82, 2.24) is 4.90 Å². The van der Waals surface area contributed by atoms with Crippen LogP contribution in [0.2, 0.25) is 5.02 Å². The van der Waals surface area contributed by atoms with Crippen molar-refractivity contribution in [2.45, 2.75) is 18.4 Å². The fourth-order valence-electron chi connectivity index (χ4n) is 5.00. The standard InChI is InChI=1S/C28H25ClN4O6/c29-18-6-11-23-22(15-18)28(39-27(38)32-23)12-13-33(16-28)25(35)21(14-17-4-2-1-3-5-17)24(34)30-19-7-9-20(10-8-19)31-26(36)37/h1-11,15,21,31H,12-14,16H2,(H,30,34)(H,32,38)(H,36,37)/t21-,28+/m1/s1. The molecule has 3 aromatic carbocycles. The predicted molar refractivity (Wildman–Crippen MR) is 145 cm³/mol. The minimum absolute atomic E-state index is 0.0840. The second kappa shape index (κ2) is 10.7. The molecular weight excluding hydrogens is 524 g/mol. The zero-order valence-electron chi connectivity index (χ0n) is 20.6. The Morgan fingerprint density at radius 2 is 1.72 bits per heavy atom. The number of benzene rings is 3. The van der Waals surface area contributed by atoms with Gasteiger partial charge in [-0.15, -0.1) is 0 Å². The SMILES string of the molecule is O=C(O)Nc1ccc(NC(=O)[C@@H](Cc2ccccc2)C(=O)N2CC[C@@]3(C2)OC(=O)Nc2ccc(Cl)cc23)cc1. The first kappa shape index (κ1) is 26.1. The van der Waals surface area contributed by atoms with E-state index in [-0.39, 0.29) is 19.5 Å². The maximum absolute atomic E-state index is 13.9. The van der Waals surface area contributed by atoms with Crippen LogP contribution in [0.1, 0.15) is 17.5 Å². The molecule has 5 rings (SSSR count). The molecule has 10 nitrogen and oxygen atoms in total. The highest BCUT2D eigenvalue weighted by Gasteiger charge is 2.50. The summed E-state index contributed by atoms with van der Waals surface area (Å²) in [6.07, 6.45) is -1.29. The van der Waals surface area contributed by atoms with E-state index < -0.39 is 35.5 Å². The molecule has 2 atom stereocenters. The van der Waals surface area contributed by atoms with Crippen LogP contribution in [0, 0.1) is 5.92 Å². The van der Waals surface area contributed by atoms with Crippen LogP contribution in [0.4, 0.5) is 26.7 Å². The molecule has 2 aliphatic heterocycles. The van der Waals surface area contributed by atoms with Crippen LogP contribution in [-0.4, -0.2) is 47.1 Å². The van der Waals surface area contributed by atoms with E-state index in [2.05, 4.69) is 16.0 Å². The van der Waals surface area contributed by atoms with Crippen LogP contribution < -0.4 is 16.0 Å². The molecule has 11 heteroatoms. The number of hydrogen-bond acceptors (Lipinski definition) is 5. The molecule has 1 fully saturated rings. The molecule has 4 N–H and O–H groups in total. The van der Waals surface area contributed by atoms with Crippen molar-refractivity contribution in [2.24, 2.45) is 5.92 Å². The Labute approximate surface area is 228 Å². The highest BCUT2D eigenvalue weighted by molar-refractivity contribution is 6.30. The average Bonchev–Trinajstić information content (AvgIpc) is 3.33. The number of carbonyl (C=O) groups excluding carboxylic acids is 3. The fraction of sp³-hybridized carbons (Fsp3) is 0.214. The van der Waals surface area contributed by atoms with Crippen molar-refractivity contribution in [3.8, 4) is 0 Å². The number of amides is 4. The molecule has 0 radical (unpaired) electrons. The van der Waals surface area contributed by atoms with Crippen LogP contribution >= 0.6 is 11.6 Å². The first-order valence-corrected chi connectivity index (χ1v) is 12.6. The van der Waals surface area contributed by atoms with Gasteiger partial charge in [-0.05, 0) is 54.4 Å². The number of hydrogen-bond donors (Lipinski definition) is 4. The van der Waals surface area contributed by atoms with Crippen LogP contribution in [0.25, 0.3) is 0 Å². The van der Waals surface area contributed by atoms with E-state index in [0.29, 0.717) is 34.1 Å². The zero-order valence-corrected chi connectivity index (χ0v) is 21.4. The molecule has 0 aromatic heterocycles. The minimum atomic E-state index is -1.20. The lowest BCUT2D eigenvalue weighted by Gasteiger charge is -2.35. The Balaban J connectivity index is 1.38. The highest BCUT2D eigenvalue weighted by atomic mass is 35.5. The number of ether oxygens (including phenoxy) is 1. The molecule has 4 amide bonds. The minimum Gasteiger partial charge on any atom is -0.465 e. The van der Waals surface area contributed by atoms with Crippen LogP contribution in [-0.2, 0) is 26.3 Å². The second-order valence-corrected chi connectivity index (χ2v) is 9.88. The summed E-state index contributed by atoms with van der Waals surface area (Å²) in [5.41, 5.74) is 1.76. The Morgan fingerprint density at radius 3 is 2.41 bits per heavy atom. The Morgan fingerprint density at radius 1 is 1.03 bits per heavy atom. The van der Waals surface area contributed by atoms with Gasteiger partial charge in [0.1, 0.15) is 5.92 Å². The first-order chi connectivity index (χ1) is 18.7. The number of fused-ring (bicyclic) bond motifs is 2. The van der Waals surface area contributed by atoms with Crippen molar-refractivity contribution >= 4 is 52.7 Å². The van der Waals surface area contributed by atoms with Gasteiger partial charge in [0.15, 0.2) is 5.60 Å². The quantitative estimate of drug-likeness (QED) is 0.323. The summed E-state index contributed by atoms with van der Waals surface area (Å²) < 4.78 is 5.74. The maximum Gasteiger partial charge on any atom is 0.412 e. The Hall–Kier alpha value is -4.57. The predicted octanol–water partition coefficient (Wildman–Crippen LogP) is 4.92. The molecule has 0 saturated carbocycles. The monoisotopic (exact) mass is 548 g/mol. The zero-order chi connectivity index (χ0) is 27.6. The van der Waals surface area contributed by atoms with Gasteiger partial charge in [0.25, 0.3) is 0 Å². The molecule has 0 aliphatic carbocycles. The van der Waals surface area contributed by atoms with Gasteiger partial charge in [-0.25, -0.2) is 9.59 Å². The van der Waals surface area contributed by atoms with Gasteiger partial charge < -0.3 is 20.1 Å². The maximum atomic E-state index is 13.9. The van der Waals surface area contributed by atoms with E-state index in [0.717, 1.165) is 5.56 Å². The topological polar surface area (TPSA) is 137 Å². The van der Waals surface area contributed by atoms with E-state index in [1.165, 1.54) is 12.1 Å². The molecule has 39 heavy (non-hydrogen) atoms. The summed E-state index contributed by atoms with van der Waals surface area (Å²) >= 11 is 6.23. The molecule has 0 unspecified atom stereocenters. The number of halogens is 1. The van der Waals surface area contributed by atoms with Crippen LogP contribution in [0.15, 0.2) is 72.8 Å². The average molecular weight is 549 g/mol. The Bertz CT molecular complexity index is 1430. The van der Waals surface area contributed by atoms with Crippen molar-refractivity contribution < 1.29 is 29.0 Å². The number of anilines is 3. The summed E-state index contributed by atoms with van der Waals surface area (Å²) in [5, 5.41) is 17.0. The number of likely N-dealkylation sites (tertiary alicyclic amines) is 1. The summed E-state index contributed by atoms with van der Waals surface area (Å²) in [4.78, 5) is 52.1. The van der Waals surface area contributed by atoms with Gasteiger partial charge in [-0.1, -0.05) is 41.9 Å². The van der Waals surface area contributed by atoms with Gasteiger partial charge >= 0.3 is 12.2 Å². The van der Waals surface area contributed by atoms with Crippen LogP contribution in [0.5, 0.6) is 0 Å². The third-order valence-corrected chi connectivity index (χ3v) is 7.08. The molecule has 3 aromatic rings. The first-order valence-electron chi connectivity index (χ1n) is 12.3. The van der Waals surface area contributed by atoms with Crippen molar-refractivity contribution in [3.63, 3.8) is 0 Å². The molecule has 1 saturated heterocycles.